The van der Waals surface area contributed by atoms with E-state index in [0.29, 0.717) is 22.3 Å². The van der Waals surface area contributed by atoms with Crippen LogP contribution < -0.4 is 5.32 Å². The first kappa shape index (κ1) is 11.9. The van der Waals surface area contributed by atoms with Gasteiger partial charge in [0.05, 0.1) is 11.6 Å². The number of nitrogens with zero attached hydrogens (tertiary/aromatic N) is 3. The third kappa shape index (κ3) is 2.37. The molecule has 2 aromatic heterocycles. The second kappa shape index (κ2) is 4.85. The average molecular weight is 275 g/mol. The summed E-state index contributed by atoms with van der Waals surface area (Å²) in [5.74, 6) is 0.307. The smallest absolute Gasteiger partial charge is 0.191 e. The van der Waals surface area contributed by atoms with Crippen molar-refractivity contribution in [3.05, 3.63) is 36.3 Å². The number of rotatable bonds is 3. The molecule has 0 saturated carbocycles. The highest BCUT2D eigenvalue weighted by atomic mass is 32.2. The van der Waals surface area contributed by atoms with E-state index in [1.54, 1.807) is 18.3 Å². The molecule has 0 unspecified atom stereocenters. The molecule has 0 aliphatic heterocycles. The van der Waals surface area contributed by atoms with Crippen LogP contribution in [0.5, 0.6) is 0 Å². The second-order valence-electron chi connectivity index (χ2n) is 3.83. The van der Waals surface area contributed by atoms with Crippen LogP contribution >= 0.6 is 11.8 Å². The summed E-state index contributed by atoms with van der Waals surface area (Å²) in [5, 5.41) is 11.2. The number of anilines is 2. The molecule has 96 valence electrons. The highest BCUT2D eigenvalue weighted by Gasteiger charge is 2.09. The number of H-pyrrole nitrogens is 1. The topological polar surface area (TPSA) is 66.5 Å². The Labute approximate surface area is 112 Å². The monoisotopic (exact) mass is 275 g/mol. The molecule has 1 aromatic carbocycles. The van der Waals surface area contributed by atoms with Crippen molar-refractivity contribution in [1.82, 2.24) is 20.2 Å². The van der Waals surface area contributed by atoms with Crippen LogP contribution in [0.15, 0.2) is 35.6 Å². The van der Waals surface area contributed by atoms with Gasteiger partial charge in [0.25, 0.3) is 0 Å². The van der Waals surface area contributed by atoms with E-state index in [4.69, 9.17) is 0 Å². The number of benzene rings is 1. The van der Waals surface area contributed by atoms with Crippen molar-refractivity contribution < 1.29 is 4.39 Å². The van der Waals surface area contributed by atoms with E-state index >= 15 is 0 Å². The molecule has 0 bridgehead atoms. The zero-order valence-electron chi connectivity index (χ0n) is 10.0. The number of thioether (sulfide) groups is 1. The molecule has 2 heterocycles. The molecular weight excluding hydrogens is 265 g/mol. The predicted molar refractivity (Wildman–Crippen MR) is 73.1 cm³/mol. The van der Waals surface area contributed by atoms with Crippen molar-refractivity contribution in [3.63, 3.8) is 0 Å². The van der Waals surface area contributed by atoms with Gasteiger partial charge < -0.3 is 5.32 Å². The first-order valence-corrected chi connectivity index (χ1v) is 6.76. The van der Waals surface area contributed by atoms with Crippen LogP contribution in [0.1, 0.15) is 0 Å². The Hall–Kier alpha value is -2.15. The van der Waals surface area contributed by atoms with Crippen molar-refractivity contribution in [3.8, 4) is 0 Å². The van der Waals surface area contributed by atoms with E-state index in [0.717, 1.165) is 5.39 Å². The van der Waals surface area contributed by atoms with E-state index < -0.39 is 0 Å². The summed E-state index contributed by atoms with van der Waals surface area (Å²) in [5.41, 5.74) is 1.28. The first-order valence-electron chi connectivity index (χ1n) is 5.54. The van der Waals surface area contributed by atoms with Gasteiger partial charge >= 0.3 is 0 Å². The Morgan fingerprint density at radius 3 is 3.00 bits per heavy atom. The molecule has 3 rings (SSSR count). The quantitative estimate of drug-likeness (QED) is 0.568. The van der Waals surface area contributed by atoms with Gasteiger partial charge in [-0.2, -0.15) is 5.10 Å². The van der Waals surface area contributed by atoms with Gasteiger partial charge in [-0.25, -0.2) is 14.4 Å². The number of nitrogens with one attached hydrogen (secondary N) is 2. The summed E-state index contributed by atoms with van der Waals surface area (Å²) in [6.07, 6.45) is 3.53. The summed E-state index contributed by atoms with van der Waals surface area (Å²) < 4.78 is 13.2. The van der Waals surface area contributed by atoms with Crippen LogP contribution in [0.25, 0.3) is 11.0 Å². The molecule has 5 nitrogen and oxygen atoms in total. The Morgan fingerprint density at radius 2 is 2.21 bits per heavy atom. The van der Waals surface area contributed by atoms with Gasteiger partial charge in [-0.05, 0) is 24.5 Å². The van der Waals surface area contributed by atoms with Gasteiger partial charge in [0.1, 0.15) is 11.6 Å². The SMILES string of the molecule is CSc1nc(Nc2cccc(F)c2)c2cn[nH]c2n1. The maximum atomic E-state index is 13.2. The standard InChI is InChI=1S/C12H10FN5S/c1-19-12-16-10(9-6-14-18-11(9)17-12)15-8-4-2-3-7(13)5-8/h2-6H,1H3,(H2,14,15,16,17,18). The third-order valence-electron chi connectivity index (χ3n) is 2.56. The summed E-state index contributed by atoms with van der Waals surface area (Å²) in [4.78, 5) is 8.67. The normalized spacial score (nSPS) is 10.8. The minimum atomic E-state index is -0.299. The van der Waals surface area contributed by atoms with Crippen molar-refractivity contribution >= 4 is 34.3 Å². The molecule has 0 fully saturated rings. The van der Waals surface area contributed by atoms with Crippen LogP contribution in [-0.4, -0.2) is 26.4 Å². The highest BCUT2D eigenvalue weighted by molar-refractivity contribution is 7.98. The van der Waals surface area contributed by atoms with Crippen LogP contribution in [0.3, 0.4) is 0 Å². The molecule has 3 aromatic rings. The molecule has 0 amide bonds. The van der Waals surface area contributed by atoms with E-state index in [1.165, 1.54) is 23.9 Å². The summed E-state index contributed by atoms with van der Waals surface area (Å²) >= 11 is 1.43. The molecule has 0 radical (unpaired) electrons. The van der Waals surface area contributed by atoms with E-state index in [9.17, 15) is 4.39 Å². The molecule has 7 heteroatoms. The van der Waals surface area contributed by atoms with Crippen molar-refractivity contribution in [2.75, 3.05) is 11.6 Å². The maximum Gasteiger partial charge on any atom is 0.191 e. The summed E-state index contributed by atoms with van der Waals surface area (Å²) in [6, 6.07) is 6.22. The molecule has 0 aliphatic carbocycles. The fourth-order valence-corrected chi connectivity index (χ4v) is 2.07. The van der Waals surface area contributed by atoms with Gasteiger partial charge in [-0.1, -0.05) is 17.8 Å². The zero-order valence-corrected chi connectivity index (χ0v) is 10.8. The molecule has 0 saturated heterocycles. The molecule has 19 heavy (non-hydrogen) atoms. The van der Waals surface area contributed by atoms with Crippen molar-refractivity contribution in [1.29, 1.82) is 0 Å². The number of halogens is 1. The first-order chi connectivity index (χ1) is 9.26. The van der Waals surface area contributed by atoms with Gasteiger partial charge in [-0.15, -0.1) is 0 Å². The van der Waals surface area contributed by atoms with E-state index in [1.807, 2.05) is 6.26 Å². The highest BCUT2D eigenvalue weighted by Crippen LogP contribution is 2.25. The van der Waals surface area contributed by atoms with Crippen LogP contribution in [0, 0.1) is 5.82 Å². The Bertz CT molecular complexity index is 727. The minimum Gasteiger partial charge on any atom is -0.339 e. The Morgan fingerprint density at radius 1 is 1.32 bits per heavy atom. The minimum absolute atomic E-state index is 0.299. The van der Waals surface area contributed by atoms with Gasteiger partial charge in [0.2, 0.25) is 0 Å². The van der Waals surface area contributed by atoms with Crippen LogP contribution in [0.2, 0.25) is 0 Å². The van der Waals surface area contributed by atoms with Gasteiger partial charge in [0, 0.05) is 5.69 Å². The van der Waals surface area contributed by atoms with Crippen molar-refractivity contribution in [2.24, 2.45) is 0 Å². The van der Waals surface area contributed by atoms with Gasteiger partial charge in [0.15, 0.2) is 10.8 Å². The molecule has 0 spiro atoms. The number of hydrogen-bond acceptors (Lipinski definition) is 5. The lowest BCUT2D eigenvalue weighted by Crippen LogP contribution is -1.97. The Balaban J connectivity index is 2.06. The largest absolute Gasteiger partial charge is 0.339 e. The summed E-state index contributed by atoms with van der Waals surface area (Å²) in [7, 11) is 0. The van der Waals surface area contributed by atoms with Crippen LogP contribution in [0.4, 0.5) is 15.9 Å². The molecular formula is C12H10FN5S. The Kier molecular flexibility index (Phi) is 3.04. The second-order valence-corrected chi connectivity index (χ2v) is 4.60. The lowest BCUT2D eigenvalue weighted by Gasteiger charge is -2.07. The fraction of sp³-hybridized carbons (Fsp3) is 0.0833. The predicted octanol–water partition coefficient (Wildman–Crippen LogP) is 2.96. The average Bonchev–Trinajstić information content (AvgIpc) is 2.87. The number of aromatic amines is 1. The molecule has 2 N–H and O–H groups in total. The van der Waals surface area contributed by atoms with Crippen molar-refractivity contribution in [2.45, 2.75) is 5.16 Å². The molecule has 0 atom stereocenters. The number of aromatic nitrogens is 4. The van der Waals surface area contributed by atoms with E-state index in [-0.39, 0.29) is 5.82 Å². The summed E-state index contributed by atoms with van der Waals surface area (Å²) in [6.45, 7) is 0. The van der Waals surface area contributed by atoms with E-state index in [2.05, 4.69) is 25.5 Å². The maximum absolute atomic E-state index is 13.2. The van der Waals surface area contributed by atoms with Gasteiger partial charge in [-0.3, -0.25) is 5.10 Å². The number of fused-ring (bicyclic) bond motifs is 1. The lowest BCUT2D eigenvalue weighted by atomic mass is 10.3. The number of hydrogen-bond donors (Lipinski definition) is 2. The van der Waals surface area contributed by atoms with Crippen LogP contribution in [-0.2, 0) is 0 Å². The molecule has 0 aliphatic rings. The lowest BCUT2D eigenvalue weighted by molar-refractivity contribution is 0.628. The third-order valence-corrected chi connectivity index (χ3v) is 3.11. The fourth-order valence-electron chi connectivity index (χ4n) is 1.70. The zero-order chi connectivity index (χ0) is 13.2.